The van der Waals surface area contributed by atoms with Crippen molar-refractivity contribution in [2.75, 3.05) is 23.0 Å². The van der Waals surface area contributed by atoms with Gasteiger partial charge in [0.2, 0.25) is 5.91 Å². The SMILES string of the molecule is O=C(CCSc1ccc(Cl)cc1)Nc1cc2c(cc1Cl)NC(=O)CO2. The van der Waals surface area contributed by atoms with E-state index in [2.05, 4.69) is 10.6 Å². The molecule has 0 atom stereocenters. The lowest BCUT2D eigenvalue weighted by molar-refractivity contribution is -0.118. The average molecular weight is 397 g/mol. The van der Waals surface area contributed by atoms with E-state index >= 15 is 0 Å². The summed E-state index contributed by atoms with van der Waals surface area (Å²) in [7, 11) is 0. The second kappa shape index (κ2) is 7.99. The van der Waals surface area contributed by atoms with Crippen LogP contribution in [0.4, 0.5) is 11.4 Å². The van der Waals surface area contributed by atoms with Crippen LogP contribution in [0, 0.1) is 0 Å². The number of carbonyl (C=O) groups excluding carboxylic acids is 2. The second-order valence-corrected chi connectivity index (χ2v) is 7.28. The van der Waals surface area contributed by atoms with Crippen molar-refractivity contribution >= 4 is 58.2 Å². The summed E-state index contributed by atoms with van der Waals surface area (Å²) >= 11 is 13.6. The van der Waals surface area contributed by atoms with Gasteiger partial charge in [0.05, 0.1) is 16.4 Å². The van der Waals surface area contributed by atoms with E-state index in [0.717, 1.165) is 4.90 Å². The Morgan fingerprint density at radius 3 is 2.76 bits per heavy atom. The highest BCUT2D eigenvalue weighted by molar-refractivity contribution is 7.99. The highest BCUT2D eigenvalue weighted by Gasteiger charge is 2.19. The molecule has 1 heterocycles. The summed E-state index contributed by atoms with van der Waals surface area (Å²) in [6, 6.07) is 10.6. The molecule has 0 radical (unpaired) electrons. The summed E-state index contributed by atoms with van der Waals surface area (Å²) in [5, 5.41) is 6.45. The highest BCUT2D eigenvalue weighted by atomic mass is 35.5. The molecular formula is C17H14Cl2N2O3S. The Kier molecular flexibility index (Phi) is 5.73. The predicted molar refractivity (Wildman–Crippen MR) is 101 cm³/mol. The molecule has 25 heavy (non-hydrogen) atoms. The molecule has 1 aliphatic heterocycles. The van der Waals surface area contributed by atoms with E-state index in [1.165, 1.54) is 0 Å². The van der Waals surface area contributed by atoms with Gasteiger partial charge < -0.3 is 15.4 Å². The highest BCUT2D eigenvalue weighted by Crippen LogP contribution is 2.36. The Morgan fingerprint density at radius 1 is 1.24 bits per heavy atom. The van der Waals surface area contributed by atoms with Crippen LogP contribution in [-0.4, -0.2) is 24.2 Å². The van der Waals surface area contributed by atoms with Crippen LogP contribution in [0.2, 0.25) is 10.0 Å². The number of benzene rings is 2. The summed E-state index contributed by atoms with van der Waals surface area (Å²) in [5.74, 6) is 0.723. The molecule has 130 valence electrons. The third-order valence-corrected chi connectivity index (χ3v) is 4.97. The van der Waals surface area contributed by atoms with Gasteiger partial charge in [-0.1, -0.05) is 23.2 Å². The first-order chi connectivity index (χ1) is 12.0. The zero-order chi connectivity index (χ0) is 17.8. The lowest BCUT2D eigenvalue weighted by atomic mass is 10.2. The van der Waals surface area contributed by atoms with Crippen molar-refractivity contribution < 1.29 is 14.3 Å². The molecule has 0 unspecified atom stereocenters. The van der Waals surface area contributed by atoms with E-state index in [1.807, 2.05) is 24.3 Å². The lowest BCUT2D eigenvalue weighted by Crippen LogP contribution is -2.25. The molecule has 0 saturated heterocycles. The molecular weight excluding hydrogens is 383 g/mol. The van der Waals surface area contributed by atoms with Gasteiger partial charge in [-0.05, 0) is 30.3 Å². The van der Waals surface area contributed by atoms with Crippen LogP contribution in [0.5, 0.6) is 5.75 Å². The number of rotatable bonds is 5. The number of hydrogen-bond acceptors (Lipinski definition) is 4. The van der Waals surface area contributed by atoms with Crippen LogP contribution in [0.1, 0.15) is 6.42 Å². The van der Waals surface area contributed by atoms with Crippen molar-refractivity contribution in [3.8, 4) is 5.75 Å². The van der Waals surface area contributed by atoms with Gasteiger partial charge in [0.1, 0.15) is 5.75 Å². The fourth-order valence-electron chi connectivity index (χ4n) is 2.20. The molecule has 0 fully saturated rings. The Morgan fingerprint density at radius 2 is 2.00 bits per heavy atom. The van der Waals surface area contributed by atoms with Crippen molar-refractivity contribution in [2.24, 2.45) is 0 Å². The number of hydrogen-bond donors (Lipinski definition) is 2. The summed E-state index contributed by atoms with van der Waals surface area (Å²) in [6.45, 7) is -0.0558. The zero-order valence-corrected chi connectivity index (χ0v) is 15.3. The molecule has 8 heteroatoms. The number of fused-ring (bicyclic) bond motifs is 1. The van der Waals surface area contributed by atoms with Gasteiger partial charge in [-0.3, -0.25) is 9.59 Å². The minimum absolute atomic E-state index is 0.0558. The van der Waals surface area contributed by atoms with E-state index in [-0.39, 0.29) is 18.4 Å². The summed E-state index contributed by atoms with van der Waals surface area (Å²) in [4.78, 5) is 24.5. The Hall–Kier alpha value is -1.89. The Balaban J connectivity index is 1.56. The number of anilines is 2. The van der Waals surface area contributed by atoms with Crippen molar-refractivity contribution in [1.82, 2.24) is 0 Å². The van der Waals surface area contributed by atoms with Crippen LogP contribution < -0.4 is 15.4 Å². The first kappa shape index (κ1) is 17.9. The van der Waals surface area contributed by atoms with Crippen molar-refractivity contribution in [3.63, 3.8) is 0 Å². The molecule has 2 amide bonds. The maximum atomic E-state index is 12.1. The maximum absolute atomic E-state index is 12.1. The minimum atomic E-state index is -0.237. The monoisotopic (exact) mass is 396 g/mol. The normalized spacial score (nSPS) is 12.8. The third-order valence-electron chi connectivity index (χ3n) is 3.39. The zero-order valence-electron chi connectivity index (χ0n) is 13.0. The fraction of sp³-hybridized carbons (Fsp3) is 0.176. The topological polar surface area (TPSA) is 67.4 Å². The quantitative estimate of drug-likeness (QED) is 0.732. The van der Waals surface area contributed by atoms with Gasteiger partial charge in [-0.15, -0.1) is 11.8 Å². The van der Waals surface area contributed by atoms with Crippen LogP contribution in [0.3, 0.4) is 0 Å². The molecule has 0 spiro atoms. The molecule has 0 aliphatic carbocycles. The molecule has 1 aliphatic rings. The average Bonchev–Trinajstić information content (AvgIpc) is 2.57. The molecule has 0 aromatic heterocycles. The molecule has 2 aromatic carbocycles. The maximum Gasteiger partial charge on any atom is 0.262 e. The van der Waals surface area contributed by atoms with Crippen LogP contribution in [0.25, 0.3) is 0 Å². The Bertz CT molecular complexity index is 812. The number of nitrogens with one attached hydrogen (secondary N) is 2. The molecule has 0 saturated carbocycles. The fourth-order valence-corrected chi connectivity index (χ4v) is 3.39. The molecule has 0 bridgehead atoms. The van der Waals surface area contributed by atoms with E-state index < -0.39 is 0 Å². The number of halogens is 2. The predicted octanol–water partition coefficient (Wildman–Crippen LogP) is 4.45. The third kappa shape index (κ3) is 4.81. The van der Waals surface area contributed by atoms with Gasteiger partial charge in [0, 0.05) is 28.2 Å². The van der Waals surface area contributed by atoms with Crippen LogP contribution in [0.15, 0.2) is 41.3 Å². The van der Waals surface area contributed by atoms with Gasteiger partial charge in [0.15, 0.2) is 6.61 Å². The van der Waals surface area contributed by atoms with E-state index in [0.29, 0.717) is 39.3 Å². The first-order valence-corrected chi connectivity index (χ1v) is 9.20. The molecule has 2 aromatic rings. The van der Waals surface area contributed by atoms with Crippen molar-refractivity contribution in [1.29, 1.82) is 0 Å². The molecule has 2 N–H and O–H groups in total. The molecule has 3 rings (SSSR count). The second-order valence-electron chi connectivity index (χ2n) is 5.27. The largest absolute Gasteiger partial charge is 0.482 e. The Labute approximate surface area is 159 Å². The lowest BCUT2D eigenvalue weighted by Gasteiger charge is -2.19. The summed E-state index contributed by atoms with van der Waals surface area (Å²) < 4.78 is 5.32. The van der Waals surface area contributed by atoms with Crippen molar-refractivity contribution in [2.45, 2.75) is 11.3 Å². The smallest absolute Gasteiger partial charge is 0.262 e. The van der Waals surface area contributed by atoms with Gasteiger partial charge in [0.25, 0.3) is 5.91 Å². The number of carbonyl (C=O) groups is 2. The number of amides is 2. The van der Waals surface area contributed by atoms with Gasteiger partial charge in [-0.2, -0.15) is 0 Å². The number of thioether (sulfide) groups is 1. The standard InChI is InChI=1S/C17H14Cl2N2O3S/c18-10-1-3-11(4-2-10)25-6-5-16(22)20-13-8-15-14(7-12(13)19)21-17(23)9-24-15/h1-4,7-8H,5-6,9H2,(H,20,22)(H,21,23). The van der Waals surface area contributed by atoms with Crippen molar-refractivity contribution in [3.05, 3.63) is 46.4 Å². The minimum Gasteiger partial charge on any atom is -0.482 e. The van der Waals surface area contributed by atoms with Crippen LogP contribution in [-0.2, 0) is 9.59 Å². The molecule has 5 nitrogen and oxygen atoms in total. The van der Waals surface area contributed by atoms with Gasteiger partial charge in [-0.25, -0.2) is 0 Å². The van der Waals surface area contributed by atoms with E-state index in [1.54, 1.807) is 23.9 Å². The van der Waals surface area contributed by atoms with Crippen LogP contribution >= 0.6 is 35.0 Å². The first-order valence-electron chi connectivity index (χ1n) is 7.45. The van der Waals surface area contributed by atoms with E-state index in [9.17, 15) is 9.59 Å². The summed E-state index contributed by atoms with van der Waals surface area (Å²) in [6.07, 6.45) is 0.332. The van der Waals surface area contributed by atoms with Gasteiger partial charge >= 0.3 is 0 Å². The number of ether oxygens (including phenoxy) is 1. The summed E-state index contributed by atoms with van der Waals surface area (Å²) in [5.41, 5.74) is 0.954. The van der Waals surface area contributed by atoms with E-state index in [4.69, 9.17) is 27.9 Å².